The lowest BCUT2D eigenvalue weighted by Crippen LogP contribution is -2.37. The maximum absolute atomic E-state index is 11.1. The van der Waals surface area contributed by atoms with Crippen molar-refractivity contribution >= 4 is 5.91 Å². The summed E-state index contributed by atoms with van der Waals surface area (Å²) in [5.41, 5.74) is 7.16. The summed E-state index contributed by atoms with van der Waals surface area (Å²) in [6, 6.07) is 8.53. The van der Waals surface area contributed by atoms with Gasteiger partial charge in [-0.2, -0.15) is 0 Å². The number of nitrogens with zero attached hydrogens (tertiary/aromatic N) is 1. The monoisotopic (exact) mass is 287 g/mol. The Morgan fingerprint density at radius 2 is 1.81 bits per heavy atom. The van der Waals surface area contributed by atoms with E-state index in [-0.39, 0.29) is 5.91 Å². The highest BCUT2D eigenvalue weighted by Crippen LogP contribution is 2.30. The quantitative estimate of drug-likeness (QED) is 0.838. The van der Waals surface area contributed by atoms with E-state index in [0.29, 0.717) is 5.56 Å². The number of hydrogen-bond acceptors (Lipinski definition) is 3. The highest BCUT2D eigenvalue weighted by Gasteiger charge is 2.30. The van der Waals surface area contributed by atoms with Crippen molar-refractivity contribution in [2.45, 2.75) is 38.3 Å². The summed E-state index contributed by atoms with van der Waals surface area (Å²) >= 11 is 0. The lowest BCUT2D eigenvalue weighted by molar-refractivity contribution is 0.100. The van der Waals surface area contributed by atoms with Crippen LogP contribution in [0.1, 0.15) is 41.6 Å². The lowest BCUT2D eigenvalue weighted by Gasteiger charge is -2.30. The van der Waals surface area contributed by atoms with E-state index < -0.39 is 0 Å². The van der Waals surface area contributed by atoms with E-state index in [4.69, 9.17) is 5.73 Å². The first-order valence-electron chi connectivity index (χ1n) is 8.06. The molecule has 1 aromatic carbocycles. The minimum absolute atomic E-state index is 0.352. The molecule has 1 aliphatic heterocycles. The van der Waals surface area contributed by atoms with Crippen molar-refractivity contribution in [3.63, 3.8) is 0 Å². The minimum atomic E-state index is -0.352. The van der Waals surface area contributed by atoms with Gasteiger partial charge in [0, 0.05) is 24.7 Å². The second-order valence-corrected chi connectivity index (χ2v) is 6.42. The molecule has 1 saturated heterocycles. The highest BCUT2D eigenvalue weighted by atomic mass is 16.1. The Balaban J connectivity index is 1.60. The molecule has 0 spiro atoms. The maximum atomic E-state index is 11.1. The molecule has 0 radical (unpaired) electrons. The molecule has 3 rings (SSSR count). The Labute approximate surface area is 126 Å². The summed E-state index contributed by atoms with van der Waals surface area (Å²) in [6.07, 6.45) is 5.27. The van der Waals surface area contributed by atoms with Crippen LogP contribution in [0, 0.1) is 5.92 Å². The summed E-state index contributed by atoms with van der Waals surface area (Å²) in [7, 11) is 0. The van der Waals surface area contributed by atoms with E-state index in [2.05, 4.69) is 10.2 Å². The number of primary amides is 1. The predicted octanol–water partition coefficient (Wildman–Crippen LogP) is 1.75. The molecule has 114 valence electrons. The van der Waals surface area contributed by atoms with Gasteiger partial charge >= 0.3 is 0 Å². The molecule has 0 aromatic heterocycles. The van der Waals surface area contributed by atoms with Crippen molar-refractivity contribution in [2.75, 3.05) is 19.6 Å². The standard InChI is InChI=1S/C17H25N3O/c18-17(21)15-3-1-13(2-4-15)11-20(16-5-6-16)12-14-7-9-19-10-8-14/h1-4,14,16,19H,5-12H2,(H2,18,21). The summed E-state index contributed by atoms with van der Waals surface area (Å²) in [6.45, 7) is 4.53. The van der Waals surface area contributed by atoms with Gasteiger partial charge in [0.05, 0.1) is 0 Å². The van der Waals surface area contributed by atoms with Crippen molar-refractivity contribution in [2.24, 2.45) is 11.7 Å². The van der Waals surface area contributed by atoms with Crippen LogP contribution in [0.2, 0.25) is 0 Å². The van der Waals surface area contributed by atoms with Crippen LogP contribution in [-0.4, -0.2) is 36.5 Å². The van der Waals surface area contributed by atoms with Gasteiger partial charge in [-0.05, 0) is 62.4 Å². The van der Waals surface area contributed by atoms with Gasteiger partial charge in [-0.1, -0.05) is 12.1 Å². The number of hydrogen-bond donors (Lipinski definition) is 2. The van der Waals surface area contributed by atoms with Crippen LogP contribution in [-0.2, 0) is 6.54 Å². The second-order valence-electron chi connectivity index (χ2n) is 6.42. The number of benzene rings is 1. The SMILES string of the molecule is NC(=O)c1ccc(CN(CC2CCNCC2)C2CC2)cc1. The number of carbonyl (C=O) groups excluding carboxylic acids is 1. The fourth-order valence-corrected chi connectivity index (χ4v) is 3.19. The molecule has 21 heavy (non-hydrogen) atoms. The number of nitrogens with one attached hydrogen (secondary N) is 1. The van der Waals surface area contributed by atoms with Gasteiger partial charge in [-0.3, -0.25) is 9.69 Å². The first-order chi connectivity index (χ1) is 10.2. The molecule has 0 unspecified atom stereocenters. The van der Waals surface area contributed by atoms with Gasteiger partial charge in [-0.15, -0.1) is 0 Å². The van der Waals surface area contributed by atoms with Crippen LogP contribution in [0.4, 0.5) is 0 Å². The maximum Gasteiger partial charge on any atom is 0.248 e. The molecule has 2 fully saturated rings. The first-order valence-corrected chi connectivity index (χ1v) is 8.06. The van der Waals surface area contributed by atoms with Crippen LogP contribution in [0.5, 0.6) is 0 Å². The normalized spacial score (nSPS) is 19.9. The molecule has 1 aliphatic carbocycles. The largest absolute Gasteiger partial charge is 0.366 e. The molecule has 0 atom stereocenters. The third-order valence-corrected chi connectivity index (χ3v) is 4.64. The summed E-state index contributed by atoms with van der Waals surface area (Å²) in [5, 5.41) is 3.44. The molecular formula is C17H25N3O. The Hall–Kier alpha value is -1.39. The Kier molecular flexibility index (Phi) is 4.56. The Morgan fingerprint density at radius 3 is 2.38 bits per heavy atom. The Morgan fingerprint density at radius 1 is 1.14 bits per heavy atom. The van der Waals surface area contributed by atoms with Crippen molar-refractivity contribution in [3.05, 3.63) is 35.4 Å². The highest BCUT2D eigenvalue weighted by molar-refractivity contribution is 5.92. The second kappa shape index (κ2) is 6.58. The van der Waals surface area contributed by atoms with E-state index in [1.54, 1.807) is 0 Å². The van der Waals surface area contributed by atoms with Gasteiger partial charge in [0.15, 0.2) is 0 Å². The minimum Gasteiger partial charge on any atom is -0.366 e. The van der Waals surface area contributed by atoms with Gasteiger partial charge < -0.3 is 11.1 Å². The van der Waals surface area contributed by atoms with E-state index in [0.717, 1.165) is 31.6 Å². The van der Waals surface area contributed by atoms with Crippen molar-refractivity contribution in [3.8, 4) is 0 Å². The number of piperidine rings is 1. The summed E-state index contributed by atoms with van der Waals surface area (Å²) in [4.78, 5) is 13.8. The fourth-order valence-electron chi connectivity index (χ4n) is 3.19. The molecule has 4 heteroatoms. The van der Waals surface area contributed by atoms with Crippen molar-refractivity contribution in [1.29, 1.82) is 0 Å². The van der Waals surface area contributed by atoms with E-state index in [1.165, 1.54) is 37.8 Å². The van der Waals surface area contributed by atoms with Crippen LogP contribution in [0.15, 0.2) is 24.3 Å². The molecule has 1 saturated carbocycles. The smallest absolute Gasteiger partial charge is 0.248 e. The number of nitrogens with two attached hydrogens (primary N) is 1. The number of carbonyl (C=O) groups is 1. The van der Waals surface area contributed by atoms with Crippen LogP contribution in [0.25, 0.3) is 0 Å². The fraction of sp³-hybridized carbons (Fsp3) is 0.588. The molecule has 0 bridgehead atoms. The van der Waals surface area contributed by atoms with Gasteiger partial charge in [0.2, 0.25) is 5.91 Å². The van der Waals surface area contributed by atoms with E-state index >= 15 is 0 Å². The van der Waals surface area contributed by atoms with Crippen LogP contribution >= 0.6 is 0 Å². The zero-order chi connectivity index (χ0) is 14.7. The van der Waals surface area contributed by atoms with Crippen LogP contribution in [0.3, 0.4) is 0 Å². The third-order valence-electron chi connectivity index (χ3n) is 4.64. The van der Waals surface area contributed by atoms with E-state index in [9.17, 15) is 4.79 Å². The molecule has 3 N–H and O–H groups in total. The summed E-state index contributed by atoms with van der Waals surface area (Å²) in [5.74, 6) is 0.479. The predicted molar refractivity (Wildman–Crippen MR) is 84.0 cm³/mol. The topological polar surface area (TPSA) is 58.4 Å². The molecule has 1 aromatic rings. The lowest BCUT2D eigenvalue weighted by atomic mass is 9.97. The molecule has 1 heterocycles. The average molecular weight is 287 g/mol. The van der Waals surface area contributed by atoms with Gasteiger partial charge in [0.25, 0.3) is 0 Å². The third kappa shape index (κ3) is 4.05. The number of amides is 1. The van der Waals surface area contributed by atoms with Crippen molar-refractivity contribution < 1.29 is 4.79 Å². The van der Waals surface area contributed by atoms with Gasteiger partial charge in [0.1, 0.15) is 0 Å². The molecule has 4 nitrogen and oxygen atoms in total. The molecule has 2 aliphatic rings. The average Bonchev–Trinajstić information content (AvgIpc) is 3.33. The molecular weight excluding hydrogens is 262 g/mol. The Bertz CT molecular complexity index is 475. The number of rotatable bonds is 6. The zero-order valence-electron chi connectivity index (χ0n) is 12.6. The summed E-state index contributed by atoms with van der Waals surface area (Å²) < 4.78 is 0. The van der Waals surface area contributed by atoms with Crippen molar-refractivity contribution in [1.82, 2.24) is 10.2 Å². The first kappa shape index (κ1) is 14.5. The zero-order valence-corrected chi connectivity index (χ0v) is 12.6. The van der Waals surface area contributed by atoms with Crippen LogP contribution < -0.4 is 11.1 Å². The van der Waals surface area contributed by atoms with Gasteiger partial charge in [-0.25, -0.2) is 0 Å². The molecule has 1 amide bonds. The van der Waals surface area contributed by atoms with E-state index in [1.807, 2.05) is 24.3 Å².